The molecule has 0 aliphatic rings. The fourth-order valence-corrected chi connectivity index (χ4v) is 7.69. The minimum atomic E-state index is -10.7. The van der Waals surface area contributed by atoms with Crippen LogP contribution in [0.5, 0.6) is 0 Å². The first kappa shape index (κ1) is 44.8. The Labute approximate surface area is 322 Å². The van der Waals surface area contributed by atoms with Crippen molar-refractivity contribution < 1.29 is 42.3 Å². The molecule has 6 aromatic rings. The van der Waals surface area contributed by atoms with Crippen LogP contribution in [0.25, 0.3) is 0 Å². The van der Waals surface area contributed by atoms with E-state index in [1.807, 2.05) is 54.6 Å². The molecule has 3 aromatic heterocycles. The van der Waals surface area contributed by atoms with Gasteiger partial charge in [-0.25, -0.2) is 0 Å². The minimum Gasteiger partial charge on any atom is -0.260 e. The smallest absolute Gasteiger partial charge is 0.260 e. The van der Waals surface area contributed by atoms with Crippen molar-refractivity contribution in [3.63, 3.8) is 0 Å². The van der Waals surface area contributed by atoms with Gasteiger partial charge < -0.3 is 0 Å². The van der Waals surface area contributed by atoms with Crippen LogP contribution in [-0.4, -0.2) is 20.3 Å². The van der Waals surface area contributed by atoms with E-state index in [4.69, 9.17) is 23.2 Å². The molecule has 0 aliphatic heterocycles. The molecule has 14 heteroatoms. The Morgan fingerprint density at radius 2 is 0.712 bits per heavy atom. The maximum absolute atomic E-state index is 10.7. The second-order valence-corrected chi connectivity index (χ2v) is 15.8. The molecular formula is C38H36Cl2CuF6N3P2. The van der Waals surface area contributed by atoms with Crippen molar-refractivity contribution in [3.05, 3.63) is 180 Å². The van der Waals surface area contributed by atoms with Crippen LogP contribution in [0.15, 0.2) is 146 Å². The Morgan fingerprint density at radius 1 is 0.481 bits per heavy atom. The zero-order chi connectivity index (χ0) is 37.6. The Bertz CT molecular complexity index is 1730. The van der Waals surface area contributed by atoms with Gasteiger partial charge in [-0.15, -0.1) is 23.2 Å². The molecule has 3 heterocycles. The number of aryl methyl sites for hydroxylation is 3. The molecule has 3 aromatic carbocycles. The zero-order valence-electron chi connectivity index (χ0n) is 28.2. The third-order valence-corrected chi connectivity index (χ3v) is 9.97. The Morgan fingerprint density at radius 3 is 0.923 bits per heavy atom. The van der Waals surface area contributed by atoms with Gasteiger partial charge in [-0.1, -0.05) is 91.0 Å². The molecule has 0 atom stereocenters. The standard InChI is InChI=1S/C21H21P.C16H13N3.CH2Cl2.Cu.F6P/c1-16-10-4-7-13-19(16)22(20-14-8-5-11-17(20)2)21-15-9-6-12-18(21)3;1-4-10-17-13(7-1)16(14-8-2-5-11-18-14)15-9-3-6-12-19-15;2-1-3;;1-7(2,3,4,5)6/h4-15H,1-3H3;1-12,16H;1H2;;/q;;;+1;-1. The number of nitrogens with zero attached hydrogens (tertiary/aromatic N) is 3. The van der Waals surface area contributed by atoms with Crippen molar-refractivity contribution >= 4 is 54.8 Å². The maximum Gasteiger partial charge on any atom is 1.00 e. The monoisotopic (exact) mass is 843 g/mol. The van der Waals surface area contributed by atoms with Crippen molar-refractivity contribution in [2.24, 2.45) is 0 Å². The van der Waals surface area contributed by atoms with E-state index in [9.17, 15) is 25.2 Å². The number of rotatable bonds is 6. The van der Waals surface area contributed by atoms with E-state index in [0.29, 0.717) is 0 Å². The van der Waals surface area contributed by atoms with Crippen LogP contribution in [0.1, 0.15) is 39.7 Å². The first-order valence-corrected chi connectivity index (χ1v) is 19.8. The summed E-state index contributed by atoms with van der Waals surface area (Å²) in [6.07, 6.45) is 5.40. The first-order valence-electron chi connectivity index (χ1n) is 15.4. The third-order valence-electron chi connectivity index (χ3n) is 7.02. The van der Waals surface area contributed by atoms with E-state index < -0.39 is 15.7 Å². The number of alkyl halides is 2. The van der Waals surface area contributed by atoms with Crippen molar-refractivity contribution in [2.75, 3.05) is 5.34 Å². The number of halogens is 8. The van der Waals surface area contributed by atoms with Gasteiger partial charge in [0, 0.05) is 18.6 Å². The second kappa shape index (κ2) is 19.6. The maximum atomic E-state index is 9.87. The summed E-state index contributed by atoms with van der Waals surface area (Å²) in [6, 6.07) is 44.1. The number of hydrogen-bond acceptors (Lipinski definition) is 3. The average Bonchev–Trinajstić information content (AvgIpc) is 3.08. The molecular weight excluding hydrogens is 809 g/mol. The number of benzene rings is 3. The first-order chi connectivity index (χ1) is 24.0. The summed E-state index contributed by atoms with van der Waals surface area (Å²) >= 11 is 9.53. The molecule has 6 rings (SSSR count). The molecule has 0 aliphatic carbocycles. The quantitative estimate of drug-likeness (QED) is 0.0726. The van der Waals surface area contributed by atoms with Gasteiger partial charge in [0.25, 0.3) is 0 Å². The summed E-state index contributed by atoms with van der Waals surface area (Å²) in [6.45, 7) is 6.67. The van der Waals surface area contributed by atoms with Crippen LogP contribution in [0, 0.1) is 20.8 Å². The van der Waals surface area contributed by atoms with Gasteiger partial charge in [-0.3, -0.25) is 15.0 Å². The van der Waals surface area contributed by atoms with Crippen molar-refractivity contribution in [2.45, 2.75) is 26.7 Å². The van der Waals surface area contributed by atoms with Crippen molar-refractivity contribution in [1.82, 2.24) is 15.0 Å². The van der Waals surface area contributed by atoms with E-state index in [1.165, 1.54) is 32.6 Å². The van der Waals surface area contributed by atoms with Gasteiger partial charge in [0.1, 0.15) is 0 Å². The van der Waals surface area contributed by atoms with Crippen molar-refractivity contribution in [3.8, 4) is 0 Å². The molecule has 52 heavy (non-hydrogen) atoms. The van der Waals surface area contributed by atoms with Gasteiger partial charge in [0.15, 0.2) is 0 Å². The number of aromatic nitrogens is 3. The second-order valence-electron chi connectivity index (χ2n) is 11.0. The van der Waals surface area contributed by atoms with Gasteiger partial charge in [0.2, 0.25) is 0 Å². The molecule has 0 saturated carbocycles. The van der Waals surface area contributed by atoms with Gasteiger partial charge >= 0.3 is 50.1 Å². The predicted molar refractivity (Wildman–Crippen MR) is 203 cm³/mol. The summed E-state index contributed by atoms with van der Waals surface area (Å²) in [5.74, 6) is -0.0244. The van der Waals surface area contributed by atoms with Crippen LogP contribution in [-0.2, 0) is 17.1 Å². The summed E-state index contributed by atoms with van der Waals surface area (Å²) < 4.78 is 59.2. The van der Waals surface area contributed by atoms with E-state index in [1.54, 1.807) is 18.6 Å². The molecule has 0 bridgehead atoms. The molecule has 0 saturated heterocycles. The molecule has 280 valence electrons. The topological polar surface area (TPSA) is 38.7 Å². The summed E-state index contributed by atoms with van der Waals surface area (Å²) in [5, 5.41) is 4.57. The SMILES string of the molecule is Cc1ccccc1P(c1ccccc1C)c1ccccc1C.ClCCl.F[P-](F)(F)(F)(F)F.[Cu+].c1ccc(C(c2ccccn2)c2ccccn2)nc1. The normalized spacial score (nSPS) is 11.9. The Balaban J connectivity index is 0.000000285. The van der Waals surface area contributed by atoms with E-state index in [-0.39, 0.29) is 28.3 Å². The summed E-state index contributed by atoms with van der Waals surface area (Å²) in [4.78, 5) is 13.4. The number of hydrogen-bond donors (Lipinski definition) is 0. The van der Waals surface area contributed by atoms with Crippen molar-refractivity contribution in [1.29, 1.82) is 0 Å². The minimum absolute atomic E-state index is 0. The fraction of sp³-hybridized carbons (Fsp3) is 0.132. The molecule has 0 N–H and O–H groups in total. The van der Waals surface area contributed by atoms with Crippen LogP contribution in [0.2, 0.25) is 0 Å². The Hall–Kier alpha value is -3.35. The van der Waals surface area contributed by atoms with Gasteiger partial charge in [-0.05, 0) is 97.7 Å². The largest absolute Gasteiger partial charge is 1.00 e. The molecule has 0 unspecified atom stereocenters. The zero-order valence-corrected chi connectivity index (χ0v) is 32.4. The molecule has 0 fully saturated rings. The molecule has 0 amide bonds. The Kier molecular flexibility index (Phi) is 16.9. The summed E-state index contributed by atoms with van der Waals surface area (Å²) in [5.41, 5.74) is 7.00. The van der Waals surface area contributed by atoms with E-state index in [2.05, 4.69) is 109 Å². The van der Waals surface area contributed by atoms with Crippen LogP contribution in [0.3, 0.4) is 0 Å². The summed E-state index contributed by atoms with van der Waals surface area (Å²) in [7, 11) is -11.2. The number of pyridine rings is 3. The average molecular weight is 845 g/mol. The van der Waals surface area contributed by atoms with E-state index in [0.717, 1.165) is 17.1 Å². The molecule has 0 radical (unpaired) electrons. The molecule has 0 spiro atoms. The van der Waals surface area contributed by atoms with Crippen LogP contribution in [0.4, 0.5) is 25.2 Å². The predicted octanol–water partition coefficient (Wildman–Crippen LogP) is 12.2. The van der Waals surface area contributed by atoms with Gasteiger partial charge in [0.05, 0.1) is 28.3 Å². The van der Waals surface area contributed by atoms with Crippen LogP contribution >= 0.6 is 38.9 Å². The van der Waals surface area contributed by atoms with Crippen LogP contribution < -0.4 is 15.9 Å². The van der Waals surface area contributed by atoms with E-state index >= 15 is 0 Å². The van der Waals surface area contributed by atoms with Gasteiger partial charge in [-0.2, -0.15) is 0 Å². The molecule has 3 nitrogen and oxygen atoms in total. The third kappa shape index (κ3) is 16.1. The fourth-order valence-electron chi connectivity index (χ4n) is 4.93.